The van der Waals surface area contributed by atoms with E-state index < -0.39 is 12.1 Å². The van der Waals surface area contributed by atoms with Crippen LogP contribution >= 0.6 is 0 Å². The van der Waals surface area contributed by atoms with E-state index in [-0.39, 0.29) is 11.8 Å². The minimum absolute atomic E-state index is 0.134. The van der Waals surface area contributed by atoms with Crippen molar-refractivity contribution in [1.82, 2.24) is 10.2 Å². The number of carbonyl (C=O) groups is 2. The van der Waals surface area contributed by atoms with Crippen LogP contribution in [0.1, 0.15) is 27.2 Å². The molecule has 0 fully saturated rings. The highest BCUT2D eigenvalue weighted by Crippen LogP contribution is 2.03. The average molecular weight is 229 g/mol. The summed E-state index contributed by atoms with van der Waals surface area (Å²) < 4.78 is 0. The molecule has 0 aliphatic heterocycles. The quantitative estimate of drug-likeness (QED) is 0.694. The Bertz CT molecular complexity index is 252. The first kappa shape index (κ1) is 14.9. The van der Waals surface area contributed by atoms with E-state index in [1.807, 2.05) is 13.8 Å². The van der Waals surface area contributed by atoms with E-state index in [0.29, 0.717) is 12.3 Å². The molecule has 0 aromatic carbocycles. The molecule has 5 heteroatoms. The number of nitrogens with two attached hydrogens (primary N) is 1. The molecule has 0 rings (SSSR count). The van der Waals surface area contributed by atoms with Gasteiger partial charge in [0.15, 0.2) is 0 Å². The molecule has 0 bridgehead atoms. The number of nitrogens with one attached hydrogen (secondary N) is 1. The summed E-state index contributed by atoms with van der Waals surface area (Å²) in [6.45, 7) is 5.66. The molecular weight excluding hydrogens is 206 g/mol. The third-order valence-electron chi connectivity index (χ3n) is 2.23. The molecule has 5 nitrogen and oxygen atoms in total. The normalized spacial score (nSPS) is 14.4. The van der Waals surface area contributed by atoms with Gasteiger partial charge in [-0.05, 0) is 19.3 Å². The second-order valence-corrected chi connectivity index (χ2v) is 4.70. The van der Waals surface area contributed by atoms with Crippen molar-refractivity contribution >= 4 is 11.8 Å². The van der Waals surface area contributed by atoms with Crippen LogP contribution in [-0.2, 0) is 9.59 Å². The van der Waals surface area contributed by atoms with Gasteiger partial charge in [-0.15, -0.1) is 0 Å². The number of rotatable bonds is 5. The SMILES string of the molecule is CC(C)C[C@H](N)C(=O)NC(C)C(=O)N(C)C. The minimum Gasteiger partial charge on any atom is -0.347 e. The van der Waals surface area contributed by atoms with E-state index in [0.717, 1.165) is 0 Å². The number of carbonyl (C=O) groups excluding carboxylic acids is 2. The maximum absolute atomic E-state index is 11.6. The van der Waals surface area contributed by atoms with Crippen LogP contribution in [0, 0.1) is 5.92 Å². The first-order chi connectivity index (χ1) is 7.25. The van der Waals surface area contributed by atoms with Crippen LogP contribution in [-0.4, -0.2) is 42.9 Å². The number of nitrogens with zero attached hydrogens (tertiary/aromatic N) is 1. The molecule has 2 atom stereocenters. The second kappa shape index (κ2) is 6.48. The van der Waals surface area contributed by atoms with Gasteiger partial charge in [0.25, 0.3) is 0 Å². The molecule has 3 N–H and O–H groups in total. The summed E-state index contributed by atoms with van der Waals surface area (Å²) in [5.41, 5.74) is 5.71. The van der Waals surface area contributed by atoms with Crippen molar-refractivity contribution in [2.45, 2.75) is 39.3 Å². The van der Waals surface area contributed by atoms with Gasteiger partial charge in [0.2, 0.25) is 11.8 Å². The largest absolute Gasteiger partial charge is 0.347 e. The van der Waals surface area contributed by atoms with Crippen molar-refractivity contribution in [2.75, 3.05) is 14.1 Å². The van der Waals surface area contributed by atoms with Crippen LogP contribution in [0.15, 0.2) is 0 Å². The van der Waals surface area contributed by atoms with E-state index in [2.05, 4.69) is 5.32 Å². The molecule has 16 heavy (non-hydrogen) atoms. The summed E-state index contributed by atoms with van der Waals surface area (Å²) in [6, 6.07) is -1.07. The van der Waals surface area contributed by atoms with Gasteiger partial charge in [0, 0.05) is 14.1 Å². The topological polar surface area (TPSA) is 75.4 Å². The zero-order valence-corrected chi connectivity index (χ0v) is 10.8. The number of amides is 2. The van der Waals surface area contributed by atoms with Crippen molar-refractivity contribution in [3.8, 4) is 0 Å². The van der Waals surface area contributed by atoms with Gasteiger partial charge in [0.1, 0.15) is 6.04 Å². The van der Waals surface area contributed by atoms with Gasteiger partial charge in [-0.25, -0.2) is 0 Å². The number of hydrogen-bond acceptors (Lipinski definition) is 3. The molecule has 94 valence electrons. The standard InChI is InChI=1S/C11H23N3O2/c1-7(2)6-9(12)10(15)13-8(3)11(16)14(4)5/h7-9H,6,12H2,1-5H3,(H,13,15)/t8?,9-/m0/s1. The average Bonchev–Trinajstić information content (AvgIpc) is 2.14. The lowest BCUT2D eigenvalue weighted by Crippen LogP contribution is -2.50. The van der Waals surface area contributed by atoms with Crippen molar-refractivity contribution < 1.29 is 9.59 Å². The van der Waals surface area contributed by atoms with E-state index in [1.165, 1.54) is 4.90 Å². The monoisotopic (exact) mass is 229 g/mol. The van der Waals surface area contributed by atoms with Crippen molar-refractivity contribution in [1.29, 1.82) is 0 Å². The van der Waals surface area contributed by atoms with Crippen LogP contribution in [0.3, 0.4) is 0 Å². The minimum atomic E-state index is -0.544. The fourth-order valence-corrected chi connectivity index (χ4v) is 1.38. The second-order valence-electron chi connectivity index (χ2n) is 4.70. The highest BCUT2D eigenvalue weighted by Gasteiger charge is 2.21. The molecule has 0 aromatic heterocycles. The zero-order valence-electron chi connectivity index (χ0n) is 10.8. The number of likely N-dealkylation sites (N-methyl/N-ethyl adjacent to an activating group) is 1. The Morgan fingerprint density at radius 3 is 2.12 bits per heavy atom. The highest BCUT2D eigenvalue weighted by atomic mass is 16.2. The van der Waals surface area contributed by atoms with Crippen molar-refractivity contribution in [2.24, 2.45) is 11.7 Å². The van der Waals surface area contributed by atoms with Gasteiger partial charge < -0.3 is 16.0 Å². The Balaban J connectivity index is 4.18. The number of hydrogen-bond donors (Lipinski definition) is 2. The Labute approximate surface area is 97.4 Å². The summed E-state index contributed by atoms with van der Waals surface area (Å²) in [5.74, 6) is -0.0397. The van der Waals surface area contributed by atoms with Gasteiger partial charge in [-0.2, -0.15) is 0 Å². The van der Waals surface area contributed by atoms with Crippen LogP contribution in [0.5, 0.6) is 0 Å². The maximum atomic E-state index is 11.6. The molecule has 0 heterocycles. The molecule has 0 aliphatic carbocycles. The van der Waals surface area contributed by atoms with Crippen molar-refractivity contribution in [3.05, 3.63) is 0 Å². The first-order valence-corrected chi connectivity index (χ1v) is 5.52. The maximum Gasteiger partial charge on any atom is 0.244 e. The van der Waals surface area contributed by atoms with Gasteiger partial charge in [-0.1, -0.05) is 13.8 Å². The van der Waals surface area contributed by atoms with E-state index in [9.17, 15) is 9.59 Å². The lowest BCUT2D eigenvalue weighted by atomic mass is 10.0. The summed E-state index contributed by atoms with van der Waals surface area (Å²) in [6.07, 6.45) is 0.620. The van der Waals surface area contributed by atoms with E-state index >= 15 is 0 Å². The fraction of sp³-hybridized carbons (Fsp3) is 0.818. The van der Waals surface area contributed by atoms with E-state index in [4.69, 9.17) is 5.73 Å². The van der Waals surface area contributed by atoms with Crippen LogP contribution in [0.4, 0.5) is 0 Å². The van der Waals surface area contributed by atoms with Crippen molar-refractivity contribution in [3.63, 3.8) is 0 Å². The smallest absolute Gasteiger partial charge is 0.244 e. The fourth-order valence-electron chi connectivity index (χ4n) is 1.38. The predicted molar refractivity (Wildman–Crippen MR) is 63.7 cm³/mol. The lowest BCUT2D eigenvalue weighted by molar-refractivity contribution is -0.134. The Kier molecular flexibility index (Phi) is 6.03. The lowest BCUT2D eigenvalue weighted by Gasteiger charge is -2.20. The first-order valence-electron chi connectivity index (χ1n) is 5.52. The molecule has 0 aliphatic rings. The molecular formula is C11H23N3O2. The van der Waals surface area contributed by atoms with Crippen LogP contribution < -0.4 is 11.1 Å². The van der Waals surface area contributed by atoms with Gasteiger partial charge in [-0.3, -0.25) is 9.59 Å². The Hall–Kier alpha value is -1.10. The molecule has 0 saturated heterocycles. The molecule has 2 amide bonds. The molecule has 0 spiro atoms. The molecule has 0 radical (unpaired) electrons. The summed E-state index contributed by atoms with van der Waals surface area (Å²) in [7, 11) is 3.30. The molecule has 0 aromatic rings. The van der Waals surface area contributed by atoms with Gasteiger partial charge in [0.05, 0.1) is 6.04 Å². The van der Waals surface area contributed by atoms with Gasteiger partial charge >= 0.3 is 0 Å². The van der Waals surface area contributed by atoms with Crippen LogP contribution in [0.25, 0.3) is 0 Å². The summed E-state index contributed by atoms with van der Waals surface area (Å²) >= 11 is 0. The summed E-state index contributed by atoms with van der Waals surface area (Å²) in [5, 5.41) is 2.61. The zero-order chi connectivity index (χ0) is 12.9. The third-order valence-corrected chi connectivity index (χ3v) is 2.23. The predicted octanol–water partition coefficient (Wildman–Crippen LogP) is -0.0473. The van der Waals surface area contributed by atoms with E-state index in [1.54, 1.807) is 21.0 Å². The molecule has 0 saturated carbocycles. The Morgan fingerprint density at radius 2 is 1.75 bits per heavy atom. The third kappa shape index (κ3) is 5.11. The van der Waals surface area contributed by atoms with Crippen LogP contribution in [0.2, 0.25) is 0 Å². The summed E-state index contributed by atoms with van der Waals surface area (Å²) in [4.78, 5) is 24.5. The molecule has 1 unspecified atom stereocenters. The Morgan fingerprint density at radius 1 is 1.25 bits per heavy atom. The highest BCUT2D eigenvalue weighted by molar-refractivity contribution is 5.89.